The lowest BCUT2D eigenvalue weighted by Crippen LogP contribution is -2.20. The Bertz CT molecular complexity index is 840. The number of hydrogen-bond donors (Lipinski definition) is 2. The van der Waals surface area contributed by atoms with Crippen LogP contribution in [0.4, 0.5) is 5.95 Å². The topological polar surface area (TPSA) is 107 Å². The highest BCUT2D eigenvalue weighted by atomic mass is 16.3. The van der Waals surface area contributed by atoms with E-state index in [1.807, 2.05) is 0 Å². The highest BCUT2D eigenvalue weighted by Gasteiger charge is 2.13. The van der Waals surface area contributed by atoms with Crippen molar-refractivity contribution in [3.8, 4) is 22.6 Å². The number of anilines is 1. The van der Waals surface area contributed by atoms with Crippen molar-refractivity contribution in [3.05, 3.63) is 53.3 Å². The fraction of sp³-hybridized carbons (Fsp3) is 0.133. The lowest BCUT2D eigenvalue weighted by Gasteiger charge is -2.10. The minimum atomic E-state index is -0.186. The van der Waals surface area contributed by atoms with Crippen molar-refractivity contribution in [1.82, 2.24) is 14.5 Å². The number of aliphatic hydroxyl groups is 1. The second-order valence-corrected chi connectivity index (χ2v) is 4.64. The van der Waals surface area contributed by atoms with Crippen molar-refractivity contribution in [3.63, 3.8) is 0 Å². The molecule has 0 fully saturated rings. The van der Waals surface area contributed by atoms with E-state index >= 15 is 0 Å². The van der Waals surface area contributed by atoms with Crippen LogP contribution < -0.4 is 11.3 Å². The Balaban J connectivity index is 2.16. The first kappa shape index (κ1) is 14.0. The lowest BCUT2D eigenvalue weighted by atomic mass is 10.1. The molecule has 3 aromatic rings. The standard InChI is InChI=1S/C15H14N4O3/c16-15-17-8-11(14(18-15)12-2-1-7-22-12)10-3-4-13(21)19(9-10)5-6-20/h1-4,7-9,20H,5-6H2,(H2,16,17,18). The van der Waals surface area contributed by atoms with Gasteiger partial charge in [-0.15, -0.1) is 0 Å². The van der Waals surface area contributed by atoms with Gasteiger partial charge in [0.15, 0.2) is 5.76 Å². The summed E-state index contributed by atoms with van der Waals surface area (Å²) in [5.41, 5.74) is 7.45. The van der Waals surface area contributed by atoms with E-state index in [0.29, 0.717) is 17.0 Å². The highest BCUT2D eigenvalue weighted by Crippen LogP contribution is 2.30. The van der Waals surface area contributed by atoms with Crippen molar-refractivity contribution in [1.29, 1.82) is 0 Å². The van der Waals surface area contributed by atoms with Crippen molar-refractivity contribution in [2.45, 2.75) is 6.54 Å². The summed E-state index contributed by atoms with van der Waals surface area (Å²) >= 11 is 0. The molecular weight excluding hydrogens is 284 g/mol. The molecule has 0 unspecified atom stereocenters. The van der Waals surface area contributed by atoms with Gasteiger partial charge >= 0.3 is 0 Å². The average molecular weight is 298 g/mol. The van der Waals surface area contributed by atoms with Crippen LogP contribution >= 0.6 is 0 Å². The Morgan fingerprint density at radius 3 is 2.91 bits per heavy atom. The molecular formula is C15H14N4O3. The molecule has 22 heavy (non-hydrogen) atoms. The monoisotopic (exact) mass is 298 g/mol. The SMILES string of the molecule is Nc1ncc(-c2ccc(=O)n(CCO)c2)c(-c2ccco2)n1. The van der Waals surface area contributed by atoms with E-state index in [1.54, 1.807) is 36.9 Å². The first-order valence-corrected chi connectivity index (χ1v) is 6.67. The Kier molecular flexibility index (Phi) is 3.71. The van der Waals surface area contributed by atoms with Crippen molar-refractivity contribution in [2.75, 3.05) is 12.3 Å². The molecule has 0 atom stereocenters. The molecule has 7 heteroatoms. The molecule has 3 aromatic heterocycles. The number of nitrogens with two attached hydrogens (primary N) is 1. The Morgan fingerprint density at radius 1 is 1.32 bits per heavy atom. The van der Waals surface area contributed by atoms with Crippen LogP contribution in [0.2, 0.25) is 0 Å². The molecule has 0 spiro atoms. The van der Waals surface area contributed by atoms with E-state index in [4.69, 9.17) is 15.3 Å². The van der Waals surface area contributed by atoms with Gasteiger partial charge in [-0.25, -0.2) is 9.97 Å². The molecule has 0 aliphatic carbocycles. The number of nitrogens with zero attached hydrogens (tertiary/aromatic N) is 3. The number of hydrogen-bond acceptors (Lipinski definition) is 6. The molecule has 0 saturated carbocycles. The smallest absolute Gasteiger partial charge is 0.250 e. The zero-order chi connectivity index (χ0) is 15.5. The second-order valence-electron chi connectivity index (χ2n) is 4.64. The van der Waals surface area contributed by atoms with Crippen LogP contribution in [0.5, 0.6) is 0 Å². The maximum Gasteiger partial charge on any atom is 0.250 e. The van der Waals surface area contributed by atoms with Crippen LogP contribution in [0.25, 0.3) is 22.6 Å². The third-order valence-corrected chi connectivity index (χ3v) is 3.20. The highest BCUT2D eigenvalue weighted by molar-refractivity contribution is 5.78. The first-order valence-electron chi connectivity index (χ1n) is 6.67. The predicted octanol–water partition coefficient (Wildman–Crippen LogP) is 1.14. The van der Waals surface area contributed by atoms with Crippen LogP contribution in [0.3, 0.4) is 0 Å². The van der Waals surface area contributed by atoms with Gasteiger partial charge in [0.1, 0.15) is 5.69 Å². The van der Waals surface area contributed by atoms with E-state index in [9.17, 15) is 4.79 Å². The minimum absolute atomic E-state index is 0.118. The second kappa shape index (κ2) is 5.82. The first-order chi connectivity index (χ1) is 10.7. The lowest BCUT2D eigenvalue weighted by molar-refractivity contribution is 0.274. The summed E-state index contributed by atoms with van der Waals surface area (Å²) in [6, 6.07) is 6.64. The van der Waals surface area contributed by atoms with Gasteiger partial charge < -0.3 is 19.8 Å². The summed E-state index contributed by atoms with van der Waals surface area (Å²) < 4.78 is 6.81. The maximum atomic E-state index is 11.7. The van der Waals surface area contributed by atoms with Crippen LogP contribution in [0.15, 0.2) is 52.1 Å². The molecule has 0 bridgehead atoms. The van der Waals surface area contributed by atoms with Gasteiger partial charge in [-0.3, -0.25) is 4.79 Å². The van der Waals surface area contributed by atoms with Gasteiger partial charge in [0.05, 0.1) is 12.9 Å². The quantitative estimate of drug-likeness (QED) is 0.748. The summed E-state index contributed by atoms with van der Waals surface area (Å²) in [5.74, 6) is 0.697. The minimum Gasteiger partial charge on any atom is -0.463 e. The fourth-order valence-electron chi connectivity index (χ4n) is 2.18. The van der Waals surface area contributed by atoms with E-state index in [1.165, 1.54) is 10.6 Å². The summed E-state index contributed by atoms with van der Waals surface area (Å²) in [6.07, 6.45) is 4.78. The Hall–Kier alpha value is -2.93. The van der Waals surface area contributed by atoms with Gasteiger partial charge in [-0.1, -0.05) is 0 Å². The molecule has 0 saturated heterocycles. The summed E-state index contributed by atoms with van der Waals surface area (Å²) in [6.45, 7) is 0.102. The summed E-state index contributed by atoms with van der Waals surface area (Å²) in [4.78, 5) is 20.0. The van der Waals surface area contributed by atoms with E-state index in [0.717, 1.165) is 5.56 Å². The molecule has 0 amide bonds. The third kappa shape index (κ3) is 2.61. The van der Waals surface area contributed by atoms with Crippen LogP contribution in [0.1, 0.15) is 0 Å². The van der Waals surface area contributed by atoms with E-state index in [2.05, 4.69) is 9.97 Å². The Morgan fingerprint density at radius 2 is 2.18 bits per heavy atom. The van der Waals surface area contributed by atoms with Gasteiger partial charge in [-0.2, -0.15) is 0 Å². The number of aromatic nitrogens is 3. The third-order valence-electron chi connectivity index (χ3n) is 3.20. The molecule has 3 N–H and O–H groups in total. The van der Waals surface area contributed by atoms with E-state index < -0.39 is 0 Å². The zero-order valence-corrected chi connectivity index (χ0v) is 11.6. The number of furan rings is 1. The fourth-order valence-corrected chi connectivity index (χ4v) is 2.18. The predicted molar refractivity (Wildman–Crippen MR) is 80.9 cm³/mol. The van der Waals surface area contributed by atoms with Gasteiger partial charge in [-0.05, 0) is 18.2 Å². The average Bonchev–Trinajstić information content (AvgIpc) is 3.04. The van der Waals surface area contributed by atoms with Gasteiger partial charge in [0.25, 0.3) is 5.56 Å². The Labute approximate surface area is 125 Å². The van der Waals surface area contributed by atoms with Crippen LogP contribution in [-0.2, 0) is 6.54 Å². The molecule has 0 radical (unpaired) electrons. The van der Waals surface area contributed by atoms with Crippen LogP contribution in [0, 0.1) is 0 Å². The van der Waals surface area contributed by atoms with Crippen molar-refractivity contribution >= 4 is 5.95 Å². The molecule has 0 aliphatic rings. The molecule has 7 nitrogen and oxygen atoms in total. The summed E-state index contributed by atoms with van der Waals surface area (Å²) in [7, 11) is 0. The van der Waals surface area contributed by atoms with Crippen molar-refractivity contribution < 1.29 is 9.52 Å². The number of rotatable bonds is 4. The molecule has 3 rings (SSSR count). The van der Waals surface area contributed by atoms with Crippen molar-refractivity contribution in [2.24, 2.45) is 0 Å². The largest absolute Gasteiger partial charge is 0.463 e. The molecule has 0 aromatic carbocycles. The molecule has 3 heterocycles. The molecule has 0 aliphatic heterocycles. The number of nitrogen functional groups attached to an aromatic ring is 1. The number of aliphatic hydroxyl groups excluding tert-OH is 1. The number of pyridine rings is 1. The van der Waals surface area contributed by atoms with Gasteiger partial charge in [0, 0.05) is 36.1 Å². The van der Waals surface area contributed by atoms with Gasteiger partial charge in [0.2, 0.25) is 5.95 Å². The zero-order valence-electron chi connectivity index (χ0n) is 11.6. The molecule has 112 valence electrons. The summed E-state index contributed by atoms with van der Waals surface area (Å²) in [5, 5.41) is 9.03. The van der Waals surface area contributed by atoms with E-state index in [-0.39, 0.29) is 24.7 Å². The maximum absolute atomic E-state index is 11.7. The normalized spacial score (nSPS) is 10.8. The van der Waals surface area contributed by atoms with Crippen LogP contribution in [-0.4, -0.2) is 26.2 Å².